The second kappa shape index (κ2) is 10.5. The van der Waals surface area contributed by atoms with Crippen LogP contribution in [0.25, 0.3) is 10.9 Å². The molecule has 11 heteroatoms. The number of aromatic amines is 1. The Labute approximate surface area is 237 Å². The summed E-state index contributed by atoms with van der Waals surface area (Å²) in [4.78, 5) is 18.3. The van der Waals surface area contributed by atoms with Crippen molar-refractivity contribution >= 4 is 32.6 Å². The fraction of sp³-hybridized carbons (Fsp3) is 0.300. The number of nitrogens with zero attached hydrogens (tertiary/aromatic N) is 2. The van der Waals surface area contributed by atoms with Crippen molar-refractivity contribution in [1.82, 2.24) is 14.2 Å². The van der Waals surface area contributed by atoms with Crippen LogP contribution in [0.4, 0.5) is 14.9 Å². The minimum Gasteiger partial charge on any atom is -0.497 e. The van der Waals surface area contributed by atoms with Crippen LogP contribution in [0.2, 0.25) is 0 Å². The summed E-state index contributed by atoms with van der Waals surface area (Å²) in [6.45, 7) is 0.414. The largest absolute Gasteiger partial charge is 0.497 e. The highest BCUT2D eigenvalue weighted by molar-refractivity contribution is 7.89. The number of aromatic nitrogens is 1. The van der Waals surface area contributed by atoms with Crippen molar-refractivity contribution in [2.75, 3.05) is 38.7 Å². The average Bonchev–Trinajstić information content (AvgIpc) is 3.38. The summed E-state index contributed by atoms with van der Waals surface area (Å²) in [5.41, 5.74) is 1.86. The standard InChI is InChI=1S/C30H31FN4O5S/c1-40-20-11-12-22-25(17-20)32-28-26(18-36)35(41(38,39)21-7-3-2-4-8-21)19-30(27(22)28)13-15-34(16-14-30)29(37)33-24-10-6-5-9-23(24)31/h2-12,17,26,32,36H,13-16,18-19H2,1H3,(H,33,37)/t26-/m0/s1. The number of rotatable bonds is 5. The number of ether oxygens (including phenoxy) is 1. The van der Waals surface area contributed by atoms with E-state index >= 15 is 0 Å². The minimum absolute atomic E-state index is 0.106. The number of piperidine rings is 1. The molecule has 1 saturated heterocycles. The third-order valence-corrected chi connectivity index (χ3v) is 10.2. The predicted octanol–water partition coefficient (Wildman–Crippen LogP) is 4.62. The Kier molecular flexibility index (Phi) is 6.96. The highest BCUT2D eigenvalue weighted by atomic mass is 32.2. The number of hydrogen-bond donors (Lipinski definition) is 3. The number of fused-ring (bicyclic) bond motifs is 4. The number of hydrogen-bond acceptors (Lipinski definition) is 5. The highest BCUT2D eigenvalue weighted by Gasteiger charge is 2.51. The normalized spacial score (nSPS) is 18.8. The summed E-state index contributed by atoms with van der Waals surface area (Å²) in [6.07, 6.45) is 0.950. The summed E-state index contributed by atoms with van der Waals surface area (Å²) in [5.74, 6) is 0.136. The van der Waals surface area contributed by atoms with Gasteiger partial charge in [-0.3, -0.25) is 0 Å². The molecule has 2 amide bonds. The lowest BCUT2D eigenvalue weighted by Gasteiger charge is -2.49. The zero-order valence-corrected chi connectivity index (χ0v) is 23.3. The Balaban J connectivity index is 1.40. The average molecular weight is 579 g/mol. The fourth-order valence-corrected chi connectivity index (χ4v) is 7.94. The molecule has 3 N–H and O–H groups in total. The van der Waals surface area contributed by atoms with Crippen LogP contribution >= 0.6 is 0 Å². The maximum absolute atomic E-state index is 14.2. The number of halogens is 1. The SMILES string of the molecule is COc1ccc2c3c([nH]c2c1)[C@H](CO)N(S(=O)(=O)c1ccccc1)CC31CCN(C(=O)Nc2ccccc2F)CC1. The van der Waals surface area contributed by atoms with Crippen molar-refractivity contribution in [2.45, 2.75) is 29.2 Å². The van der Waals surface area contributed by atoms with Crippen molar-refractivity contribution in [3.05, 3.63) is 89.9 Å². The van der Waals surface area contributed by atoms with Gasteiger partial charge in [0.05, 0.1) is 30.3 Å². The summed E-state index contributed by atoms with van der Waals surface area (Å²) in [7, 11) is -2.39. The molecule has 0 unspecified atom stereocenters. The molecule has 1 fully saturated rings. The first-order valence-electron chi connectivity index (χ1n) is 13.5. The molecule has 0 bridgehead atoms. The van der Waals surface area contributed by atoms with Gasteiger partial charge in [-0.05, 0) is 54.8 Å². The molecule has 9 nitrogen and oxygen atoms in total. The molecule has 6 rings (SSSR count). The van der Waals surface area contributed by atoms with Crippen LogP contribution in [0.3, 0.4) is 0 Å². The topological polar surface area (TPSA) is 115 Å². The van der Waals surface area contributed by atoms with Crippen LogP contribution < -0.4 is 10.1 Å². The number of likely N-dealkylation sites (tertiary alicyclic amines) is 1. The number of methoxy groups -OCH3 is 1. The number of nitrogens with one attached hydrogen (secondary N) is 2. The smallest absolute Gasteiger partial charge is 0.321 e. The van der Waals surface area contributed by atoms with Crippen LogP contribution in [-0.4, -0.2) is 67.1 Å². The number of anilines is 1. The number of amides is 2. The summed E-state index contributed by atoms with van der Waals surface area (Å²) >= 11 is 0. The van der Waals surface area contributed by atoms with E-state index in [-0.39, 0.29) is 17.1 Å². The van der Waals surface area contributed by atoms with E-state index in [1.54, 1.807) is 54.5 Å². The van der Waals surface area contributed by atoms with Crippen molar-refractivity contribution in [3.63, 3.8) is 0 Å². The van der Waals surface area contributed by atoms with Crippen molar-refractivity contribution in [3.8, 4) is 5.75 Å². The van der Waals surface area contributed by atoms with E-state index in [1.807, 2.05) is 18.2 Å². The van der Waals surface area contributed by atoms with E-state index in [0.717, 1.165) is 16.5 Å². The van der Waals surface area contributed by atoms with Gasteiger partial charge in [-0.2, -0.15) is 4.31 Å². The molecular formula is C30H31FN4O5S. The first kappa shape index (κ1) is 27.3. The molecule has 4 aromatic rings. The number of carbonyl (C=O) groups excluding carboxylic acids is 1. The van der Waals surface area contributed by atoms with E-state index in [2.05, 4.69) is 10.3 Å². The molecule has 2 aliphatic rings. The Hall–Kier alpha value is -3.93. The van der Waals surface area contributed by atoms with Gasteiger partial charge in [-0.15, -0.1) is 0 Å². The fourth-order valence-electron chi connectivity index (χ4n) is 6.24. The van der Waals surface area contributed by atoms with Gasteiger partial charge in [0.1, 0.15) is 11.6 Å². The maximum Gasteiger partial charge on any atom is 0.321 e. The van der Waals surface area contributed by atoms with Crippen molar-refractivity contribution < 1.29 is 27.4 Å². The van der Waals surface area contributed by atoms with Gasteiger partial charge >= 0.3 is 6.03 Å². The van der Waals surface area contributed by atoms with E-state index < -0.39 is 39.9 Å². The van der Waals surface area contributed by atoms with Crippen LogP contribution in [0.15, 0.2) is 77.7 Å². The Morgan fingerprint density at radius 1 is 1.10 bits per heavy atom. The lowest BCUT2D eigenvalue weighted by Crippen LogP contribution is -2.56. The van der Waals surface area contributed by atoms with Gasteiger partial charge in [0.15, 0.2) is 0 Å². The zero-order valence-electron chi connectivity index (χ0n) is 22.5. The van der Waals surface area contributed by atoms with Crippen LogP contribution in [0.1, 0.15) is 30.1 Å². The molecule has 0 saturated carbocycles. The third kappa shape index (κ3) is 4.63. The molecule has 3 heterocycles. The molecule has 1 aromatic heterocycles. The quantitative estimate of drug-likeness (QED) is 0.320. The molecule has 0 radical (unpaired) electrons. The molecule has 2 aliphatic heterocycles. The molecular weight excluding hydrogens is 547 g/mol. The van der Waals surface area contributed by atoms with E-state index in [4.69, 9.17) is 4.74 Å². The molecule has 1 spiro atoms. The van der Waals surface area contributed by atoms with Crippen molar-refractivity contribution in [1.29, 1.82) is 0 Å². The number of H-pyrrole nitrogens is 1. The summed E-state index contributed by atoms with van der Waals surface area (Å²) in [5, 5.41) is 14.1. The second-order valence-corrected chi connectivity index (χ2v) is 12.5. The minimum atomic E-state index is -3.97. The number of sulfonamides is 1. The number of aliphatic hydroxyl groups excluding tert-OH is 1. The van der Waals surface area contributed by atoms with Crippen LogP contribution in [0.5, 0.6) is 5.75 Å². The van der Waals surface area contributed by atoms with E-state index in [9.17, 15) is 22.7 Å². The van der Waals surface area contributed by atoms with Crippen LogP contribution in [0, 0.1) is 5.82 Å². The monoisotopic (exact) mass is 578 g/mol. The Bertz CT molecular complexity index is 1700. The lowest BCUT2D eigenvalue weighted by atomic mass is 9.69. The molecule has 1 atom stereocenters. The van der Waals surface area contributed by atoms with Crippen molar-refractivity contribution in [2.24, 2.45) is 0 Å². The van der Waals surface area contributed by atoms with Gasteiger partial charge in [-0.1, -0.05) is 30.3 Å². The van der Waals surface area contributed by atoms with Gasteiger partial charge < -0.3 is 25.0 Å². The first-order valence-corrected chi connectivity index (χ1v) is 14.9. The van der Waals surface area contributed by atoms with Crippen LogP contribution in [-0.2, 0) is 15.4 Å². The molecule has 41 heavy (non-hydrogen) atoms. The number of para-hydroxylation sites is 1. The summed E-state index contributed by atoms with van der Waals surface area (Å²) in [6, 6.07) is 18.7. The summed E-state index contributed by atoms with van der Waals surface area (Å²) < 4.78 is 49.0. The van der Waals surface area contributed by atoms with Gasteiger partial charge in [-0.25, -0.2) is 17.6 Å². The second-order valence-electron chi connectivity index (χ2n) is 10.6. The first-order chi connectivity index (χ1) is 19.8. The molecule has 3 aromatic carbocycles. The Morgan fingerprint density at radius 2 is 1.80 bits per heavy atom. The number of aliphatic hydroxyl groups is 1. The molecule has 214 valence electrons. The van der Waals surface area contributed by atoms with E-state index in [1.165, 1.54) is 16.4 Å². The Morgan fingerprint density at radius 3 is 2.49 bits per heavy atom. The highest BCUT2D eigenvalue weighted by Crippen LogP contribution is 2.50. The van der Waals surface area contributed by atoms with Gasteiger partial charge in [0, 0.05) is 47.7 Å². The van der Waals surface area contributed by atoms with E-state index in [0.29, 0.717) is 37.4 Å². The molecule has 0 aliphatic carbocycles. The lowest BCUT2D eigenvalue weighted by molar-refractivity contribution is 0.106. The number of carbonyl (C=O) groups is 1. The number of benzene rings is 3. The van der Waals surface area contributed by atoms with Gasteiger partial charge in [0.2, 0.25) is 10.0 Å². The maximum atomic E-state index is 14.2. The predicted molar refractivity (Wildman–Crippen MR) is 153 cm³/mol. The third-order valence-electron chi connectivity index (χ3n) is 8.35. The van der Waals surface area contributed by atoms with Gasteiger partial charge in [0.25, 0.3) is 0 Å². The zero-order chi connectivity index (χ0) is 28.8. The number of urea groups is 1.